The number of aliphatic carboxylic acids is 3. The Kier molecular flexibility index (Phi) is 12.2. The van der Waals surface area contributed by atoms with E-state index in [1.807, 2.05) is 0 Å². The van der Waals surface area contributed by atoms with Crippen molar-refractivity contribution in [3.8, 4) is 0 Å². The summed E-state index contributed by atoms with van der Waals surface area (Å²) in [6.07, 6.45) is -2.72. The average Bonchev–Trinajstić information content (AvgIpc) is 1.82. The molecular weight excluding hydrogens is 296 g/mol. The summed E-state index contributed by atoms with van der Waals surface area (Å²) in [6, 6.07) is 0. The van der Waals surface area contributed by atoms with E-state index in [4.69, 9.17) is 5.11 Å². The molecule has 0 aliphatic rings. The van der Waals surface area contributed by atoms with Crippen LogP contribution in [0.4, 0.5) is 0 Å². The Morgan fingerprint density at radius 3 is 1.40 bits per heavy atom. The van der Waals surface area contributed by atoms with Gasteiger partial charge in [-0.3, -0.25) is 0 Å². The van der Waals surface area contributed by atoms with Crippen LogP contribution >= 0.6 is 0 Å². The Balaban J connectivity index is -0.000000720. The molecule has 0 spiro atoms. The molecule has 0 amide bonds. The van der Waals surface area contributed by atoms with Crippen LogP contribution in [-0.4, -0.2) is 97.1 Å². The minimum absolute atomic E-state index is 0. The molecule has 74 valence electrons. The number of rotatable bonds is 5. The third kappa shape index (κ3) is 8.43. The van der Waals surface area contributed by atoms with Crippen molar-refractivity contribution in [2.45, 2.75) is 18.4 Å². The Morgan fingerprint density at radius 1 is 1.00 bits per heavy atom. The summed E-state index contributed by atoms with van der Waals surface area (Å²) in [7, 11) is 0. The van der Waals surface area contributed by atoms with Crippen molar-refractivity contribution >= 4 is 86.4 Å². The fourth-order valence-electron chi connectivity index (χ4n) is 0.684. The van der Waals surface area contributed by atoms with E-state index in [2.05, 4.69) is 0 Å². The average molecular weight is 301 g/mol. The van der Waals surface area contributed by atoms with Crippen LogP contribution in [0.3, 0.4) is 0 Å². The fourth-order valence-corrected chi connectivity index (χ4v) is 0.684. The second kappa shape index (κ2) is 8.73. The molecule has 0 heterocycles. The van der Waals surface area contributed by atoms with Gasteiger partial charge in [-0.15, -0.1) is 0 Å². The van der Waals surface area contributed by atoms with Crippen molar-refractivity contribution in [2.24, 2.45) is 0 Å². The van der Waals surface area contributed by atoms with Crippen molar-refractivity contribution in [1.29, 1.82) is 0 Å². The largest absolute Gasteiger partial charge is 2.00 e. The molecule has 0 unspecified atom stereocenters. The van der Waals surface area contributed by atoms with E-state index in [9.17, 15) is 29.7 Å². The monoisotopic (exact) mass is 301 g/mol. The van der Waals surface area contributed by atoms with Gasteiger partial charge in [-0.25, -0.2) is 0 Å². The zero-order chi connectivity index (χ0) is 10.6. The van der Waals surface area contributed by atoms with Gasteiger partial charge in [0.15, 0.2) is 0 Å². The SMILES string of the molecule is O=C([O-])CC(O)(CC(=O)[O-])C(=O)[O-].[Mg+2].[Sr+2]. The smallest absolute Gasteiger partial charge is 0.550 e. The topological polar surface area (TPSA) is 141 Å². The van der Waals surface area contributed by atoms with Crippen LogP contribution in [0.2, 0.25) is 0 Å². The van der Waals surface area contributed by atoms with E-state index in [1.54, 1.807) is 0 Å². The molecule has 0 saturated heterocycles. The molecule has 0 atom stereocenters. The second-order valence-corrected chi connectivity index (χ2v) is 2.42. The zero-order valence-electron chi connectivity index (χ0n) is 7.73. The normalized spacial score (nSPS) is 9.40. The molecule has 0 aliphatic carbocycles. The Morgan fingerprint density at radius 2 is 1.27 bits per heavy atom. The van der Waals surface area contributed by atoms with Gasteiger partial charge < -0.3 is 34.8 Å². The molecule has 0 bridgehead atoms. The first kappa shape index (κ1) is 21.0. The van der Waals surface area contributed by atoms with Gasteiger partial charge in [0.1, 0.15) is 5.60 Å². The van der Waals surface area contributed by atoms with Gasteiger partial charge in [0, 0.05) is 24.8 Å². The summed E-state index contributed by atoms with van der Waals surface area (Å²) >= 11 is 0. The fraction of sp³-hybridized carbons (Fsp3) is 0.500. The van der Waals surface area contributed by atoms with E-state index in [-0.39, 0.29) is 68.5 Å². The summed E-state index contributed by atoms with van der Waals surface area (Å²) in [4.78, 5) is 30.0. The Bertz CT molecular complexity index is 238. The maximum atomic E-state index is 10.1. The molecule has 7 nitrogen and oxygen atoms in total. The third-order valence-corrected chi connectivity index (χ3v) is 1.25. The van der Waals surface area contributed by atoms with Crippen molar-refractivity contribution < 1.29 is 34.8 Å². The van der Waals surface area contributed by atoms with E-state index in [0.29, 0.717) is 0 Å². The van der Waals surface area contributed by atoms with Gasteiger partial charge in [0.2, 0.25) is 0 Å². The van der Waals surface area contributed by atoms with Crippen LogP contribution in [0, 0.1) is 0 Å². The van der Waals surface area contributed by atoms with Crippen LogP contribution < -0.4 is 15.3 Å². The second-order valence-electron chi connectivity index (χ2n) is 2.42. The molecule has 9 heteroatoms. The third-order valence-electron chi connectivity index (χ3n) is 1.25. The number of hydrogen-bond donors (Lipinski definition) is 1. The Hall–Kier alpha value is 0.617. The van der Waals surface area contributed by atoms with E-state index in [1.165, 1.54) is 0 Å². The quantitative estimate of drug-likeness (QED) is 0.498. The van der Waals surface area contributed by atoms with Gasteiger partial charge in [-0.2, -0.15) is 0 Å². The number of hydrogen-bond acceptors (Lipinski definition) is 7. The first-order valence-electron chi connectivity index (χ1n) is 3.11. The summed E-state index contributed by atoms with van der Waals surface area (Å²) < 4.78 is 0. The molecule has 1 N–H and O–H groups in total. The van der Waals surface area contributed by atoms with Gasteiger partial charge >= 0.3 is 68.5 Å². The molecule has 15 heavy (non-hydrogen) atoms. The van der Waals surface area contributed by atoms with Crippen molar-refractivity contribution in [2.75, 3.05) is 0 Å². The van der Waals surface area contributed by atoms with Crippen molar-refractivity contribution in [1.82, 2.24) is 0 Å². The standard InChI is InChI=1S/C6H8O7.Mg.Sr/c7-3(8)1-6(13,5(11)12)2-4(9)10;;/h13H,1-2H2,(H,7,8)(H,9,10)(H,11,12);;/q;2*+2/p-3. The molecule has 0 aromatic rings. The Labute approximate surface area is 138 Å². The molecule has 0 aliphatic heterocycles. The first-order valence-corrected chi connectivity index (χ1v) is 3.11. The van der Waals surface area contributed by atoms with Crippen LogP contribution in [0.1, 0.15) is 12.8 Å². The molecule has 0 aromatic heterocycles. The number of carboxylic acids is 3. The predicted octanol–water partition coefficient (Wildman–Crippen LogP) is -6.01. The van der Waals surface area contributed by atoms with Crippen LogP contribution in [-0.2, 0) is 14.4 Å². The van der Waals surface area contributed by atoms with Crippen LogP contribution in [0.15, 0.2) is 0 Å². The van der Waals surface area contributed by atoms with Gasteiger partial charge in [-0.05, 0) is 0 Å². The first-order chi connectivity index (χ1) is 5.78. The predicted molar refractivity (Wildman–Crippen MR) is 40.7 cm³/mol. The summed E-state index contributed by atoms with van der Waals surface area (Å²) in [5.74, 6) is -5.98. The van der Waals surface area contributed by atoms with E-state index >= 15 is 0 Å². The maximum absolute atomic E-state index is 10.1. The van der Waals surface area contributed by atoms with E-state index < -0.39 is 36.4 Å². The molecule has 0 saturated carbocycles. The minimum atomic E-state index is -2.97. The minimum Gasteiger partial charge on any atom is -0.550 e. The molecule has 0 aromatic carbocycles. The summed E-state index contributed by atoms with van der Waals surface area (Å²) in [6.45, 7) is 0. The number of carbonyl (C=O) groups excluding carboxylic acids is 3. The van der Waals surface area contributed by atoms with Gasteiger partial charge in [0.05, 0.1) is 5.97 Å². The molecule has 0 fully saturated rings. The maximum Gasteiger partial charge on any atom is 2.00 e. The summed E-state index contributed by atoms with van der Waals surface area (Å²) in [5.41, 5.74) is -2.97. The van der Waals surface area contributed by atoms with Gasteiger partial charge in [0.25, 0.3) is 0 Å². The zero-order valence-corrected chi connectivity index (χ0v) is 12.6. The number of carbonyl (C=O) groups is 3. The van der Waals surface area contributed by atoms with Gasteiger partial charge in [-0.1, -0.05) is 0 Å². The van der Waals surface area contributed by atoms with Crippen molar-refractivity contribution in [3.05, 3.63) is 0 Å². The molecule has 0 radical (unpaired) electrons. The van der Waals surface area contributed by atoms with Crippen LogP contribution in [0.5, 0.6) is 0 Å². The molecular formula is C6H5MgO7Sr+. The number of carboxylic acid groups (broad SMARTS) is 3. The number of aliphatic hydroxyl groups is 1. The van der Waals surface area contributed by atoms with E-state index in [0.717, 1.165) is 0 Å². The van der Waals surface area contributed by atoms with Crippen LogP contribution in [0.25, 0.3) is 0 Å². The summed E-state index contributed by atoms with van der Waals surface area (Å²) in [5, 5.41) is 38.9. The van der Waals surface area contributed by atoms with Crippen molar-refractivity contribution in [3.63, 3.8) is 0 Å². The molecule has 0 rings (SSSR count).